The molecule has 0 amide bonds. The Morgan fingerprint density at radius 1 is 1.22 bits per heavy atom. The second-order valence-corrected chi connectivity index (χ2v) is 4.40. The molecule has 3 nitrogen and oxygen atoms in total. The van der Waals surface area contributed by atoms with E-state index >= 15 is 0 Å². The summed E-state index contributed by atoms with van der Waals surface area (Å²) in [6.07, 6.45) is -0.453. The Kier molecular flexibility index (Phi) is 3.63. The maximum atomic E-state index is 11.8. The van der Waals surface area contributed by atoms with Crippen LogP contribution in [-0.2, 0) is 0 Å². The summed E-state index contributed by atoms with van der Waals surface area (Å²) in [4.78, 5) is 11.8. The molecule has 0 aliphatic heterocycles. The molecule has 2 rings (SSSR count). The number of aliphatic hydroxyl groups is 1. The number of carbonyl (C=O) groups excluding carboxylic acids is 1. The van der Waals surface area contributed by atoms with Gasteiger partial charge >= 0.3 is 0 Å². The van der Waals surface area contributed by atoms with E-state index in [-0.39, 0.29) is 12.2 Å². The Morgan fingerprint density at radius 2 is 1.89 bits per heavy atom. The van der Waals surface area contributed by atoms with Crippen LogP contribution < -0.4 is 4.74 Å². The van der Waals surface area contributed by atoms with Gasteiger partial charge in [-0.25, -0.2) is 0 Å². The van der Waals surface area contributed by atoms with Crippen molar-refractivity contribution in [2.24, 2.45) is 0 Å². The van der Waals surface area contributed by atoms with Crippen molar-refractivity contribution in [3.63, 3.8) is 0 Å². The second-order valence-electron chi connectivity index (χ2n) is 4.40. The van der Waals surface area contributed by atoms with Gasteiger partial charge < -0.3 is 9.84 Å². The van der Waals surface area contributed by atoms with E-state index in [1.165, 1.54) is 0 Å². The van der Waals surface area contributed by atoms with Gasteiger partial charge in [-0.2, -0.15) is 0 Å². The summed E-state index contributed by atoms with van der Waals surface area (Å²) in [5.74, 6) is 0.758. The molecule has 1 N–H and O–H groups in total. The predicted octanol–water partition coefficient (Wildman–Crippen LogP) is 2.80. The van der Waals surface area contributed by atoms with Gasteiger partial charge in [0.05, 0.1) is 13.2 Å². The summed E-state index contributed by atoms with van der Waals surface area (Å²) in [5.41, 5.74) is 0.633. The number of benzene rings is 2. The fourth-order valence-corrected chi connectivity index (χ4v) is 1.91. The molecule has 2 aromatic carbocycles. The van der Waals surface area contributed by atoms with Crippen molar-refractivity contribution in [2.75, 3.05) is 7.11 Å². The number of aliphatic hydroxyl groups excluding tert-OH is 1. The predicted molar refractivity (Wildman–Crippen MR) is 71.1 cm³/mol. The van der Waals surface area contributed by atoms with Crippen LogP contribution >= 0.6 is 0 Å². The molecule has 0 aliphatic rings. The van der Waals surface area contributed by atoms with Crippen LogP contribution in [0, 0.1) is 0 Å². The van der Waals surface area contributed by atoms with E-state index in [1.807, 2.05) is 30.3 Å². The summed E-state index contributed by atoms with van der Waals surface area (Å²) < 4.78 is 5.15. The van der Waals surface area contributed by atoms with E-state index in [1.54, 1.807) is 20.1 Å². The third-order valence-corrected chi connectivity index (χ3v) is 2.85. The quantitative estimate of drug-likeness (QED) is 0.841. The standard InChI is InChI=1S/C15H16O3/c1-10(16)7-15(17)13-4-3-12-9-14(18-2)6-5-11(12)8-13/h3-6,8-10,16H,7H2,1-2H3. The lowest BCUT2D eigenvalue weighted by atomic mass is 10.0. The van der Waals surface area contributed by atoms with E-state index in [9.17, 15) is 9.90 Å². The molecule has 18 heavy (non-hydrogen) atoms. The van der Waals surface area contributed by atoms with Crippen LogP contribution in [-0.4, -0.2) is 24.1 Å². The first-order chi connectivity index (χ1) is 8.60. The van der Waals surface area contributed by atoms with Crippen LogP contribution in [0.5, 0.6) is 5.75 Å². The highest BCUT2D eigenvalue weighted by Gasteiger charge is 2.09. The number of carbonyl (C=O) groups is 1. The highest BCUT2D eigenvalue weighted by atomic mass is 16.5. The molecule has 0 saturated carbocycles. The maximum Gasteiger partial charge on any atom is 0.165 e. The van der Waals surface area contributed by atoms with Crippen LogP contribution in [0.3, 0.4) is 0 Å². The number of fused-ring (bicyclic) bond motifs is 1. The van der Waals surface area contributed by atoms with Crippen LogP contribution in [0.4, 0.5) is 0 Å². The van der Waals surface area contributed by atoms with Gasteiger partial charge in [0, 0.05) is 12.0 Å². The highest BCUT2D eigenvalue weighted by molar-refractivity contribution is 6.00. The zero-order valence-electron chi connectivity index (χ0n) is 10.5. The fourth-order valence-electron chi connectivity index (χ4n) is 1.91. The molecule has 0 aliphatic carbocycles. The minimum atomic E-state index is -0.607. The lowest BCUT2D eigenvalue weighted by Gasteiger charge is -2.06. The normalized spacial score (nSPS) is 12.4. The van der Waals surface area contributed by atoms with Gasteiger partial charge in [0.1, 0.15) is 5.75 Å². The van der Waals surface area contributed by atoms with Crippen molar-refractivity contribution < 1.29 is 14.6 Å². The van der Waals surface area contributed by atoms with Crippen LogP contribution in [0.2, 0.25) is 0 Å². The first kappa shape index (κ1) is 12.6. The van der Waals surface area contributed by atoms with Gasteiger partial charge in [-0.05, 0) is 35.9 Å². The van der Waals surface area contributed by atoms with Gasteiger partial charge in [-0.1, -0.05) is 18.2 Å². The molecule has 0 saturated heterocycles. The molecule has 0 radical (unpaired) electrons. The van der Waals surface area contributed by atoms with Gasteiger partial charge in [-0.15, -0.1) is 0 Å². The summed E-state index contributed by atoms with van der Waals surface area (Å²) in [6.45, 7) is 1.61. The van der Waals surface area contributed by atoms with Crippen molar-refractivity contribution >= 4 is 16.6 Å². The molecule has 3 heteroatoms. The molecule has 2 aromatic rings. The van der Waals surface area contributed by atoms with E-state index in [4.69, 9.17) is 4.74 Å². The first-order valence-corrected chi connectivity index (χ1v) is 5.89. The number of hydrogen-bond acceptors (Lipinski definition) is 3. The summed E-state index contributed by atoms with van der Waals surface area (Å²) in [6, 6.07) is 11.2. The number of ketones is 1. The van der Waals surface area contributed by atoms with Gasteiger partial charge in [-0.3, -0.25) is 4.79 Å². The molecular formula is C15H16O3. The monoisotopic (exact) mass is 244 g/mol. The van der Waals surface area contributed by atoms with Crippen molar-refractivity contribution in [1.29, 1.82) is 0 Å². The minimum absolute atomic E-state index is 0.0391. The Morgan fingerprint density at radius 3 is 2.56 bits per heavy atom. The largest absolute Gasteiger partial charge is 0.497 e. The number of rotatable bonds is 4. The second kappa shape index (κ2) is 5.19. The van der Waals surface area contributed by atoms with Crippen molar-refractivity contribution in [2.45, 2.75) is 19.4 Å². The lowest BCUT2D eigenvalue weighted by Crippen LogP contribution is -2.09. The van der Waals surface area contributed by atoms with Crippen LogP contribution in [0.15, 0.2) is 36.4 Å². The molecule has 1 unspecified atom stereocenters. The van der Waals surface area contributed by atoms with Crippen LogP contribution in [0.1, 0.15) is 23.7 Å². The average molecular weight is 244 g/mol. The Labute approximate surface area is 106 Å². The molecule has 0 heterocycles. The summed E-state index contributed by atoms with van der Waals surface area (Å²) in [7, 11) is 1.63. The molecule has 0 aromatic heterocycles. The highest BCUT2D eigenvalue weighted by Crippen LogP contribution is 2.22. The number of methoxy groups -OCH3 is 1. The minimum Gasteiger partial charge on any atom is -0.497 e. The third-order valence-electron chi connectivity index (χ3n) is 2.85. The average Bonchev–Trinajstić information content (AvgIpc) is 2.36. The molecule has 0 fully saturated rings. The van der Waals surface area contributed by atoms with E-state index in [2.05, 4.69) is 0 Å². The van der Waals surface area contributed by atoms with Gasteiger partial charge in [0.25, 0.3) is 0 Å². The van der Waals surface area contributed by atoms with Gasteiger partial charge in [0.15, 0.2) is 5.78 Å². The Hall–Kier alpha value is -1.87. The number of hydrogen-bond donors (Lipinski definition) is 1. The number of ether oxygens (including phenoxy) is 1. The fraction of sp³-hybridized carbons (Fsp3) is 0.267. The summed E-state index contributed by atoms with van der Waals surface area (Å²) in [5, 5.41) is 11.3. The SMILES string of the molecule is COc1ccc2cc(C(=O)CC(C)O)ccc2c1. The third kappa shape index (κ3) is 2.68. The van der Waals surface area contributed by atoms with Gasteiger partial charge in [0.2, 0.25) is 0 Å². The first-order valence-electron chi connectivity index (χ1n) is 5.89. The topological polar surface area (TPSA) is 46.5 Å². The molecule has 0 bridgehead atoms. The van der Waals surface area contributed by atoms with E-state index in [0.717, 1.165) is 16.5 Å². The van der Waals surface area contributed by atoms with E-state index in [0.29, 0.717) is 5.56 Å². The lowest BCUT2D eigenvalue weighted by molar-refractivity contribution is 0.0901. The molecule has 1 atom stereocenters. The van der Waals surface area contributed by atoms with Crippen molar-refractivity contribution in [3.8, 4) is 5.75 Å². The van der Waals surface area contributed by atoms with E-state index < -0.39 is 6.10 Å². The Balaban J connectivity index is 2.36. The van der Waals surface area contributed by atoms with Crippen LogP contribution in [0.25, 0.3) is 10.8 Å². The van der Waals surface area contributed by atoms with Crippen molar-refractivity contribution in [1.82, 2.24) is 0 Å². The van der Waals surface area contributed by atoms with Crippen molar-refractivity contribution in [3.05, 3.63) is 42.0 Å². The zero-order chi connectivity index (χ0) is 13.1. The molecule has 0 spiro atoms. The smallest absolute Gasteiger partial charge is 0.165 e. The number of Topliss-reactive ketones (excluding diaryl/α,β-unsaturated/α-hetero) is 1. The molecular weight excluding hydrogens is 228 g/mol. The summed E-state index contributed by atoms with van der Waals surface area (Å²) >= 11 is 0. The zero-order valence-corrected chi connectivity index (χ0v) is 10.5. The molecule has 94 valence electrons. The maximum absolute atomic E-state index is 11.8. The Bertz CT molecular complexity index is 573.